The molecule has 0 spiro atoms. The number of unbranched alkanes of at least 4 members (excludes halogenated alkanes) is 24. The van der Waals surface area contributed by atoms with Gasteiger partial charge in [0.15, 0.2) is 6.10 Å². The highest BCUT2D eigenvalue weighted by atomic mass is 31.2. The van der Waals surface area contributed by atoms with Gasteiger partial charge in [-0.3, -0.25) is 32.5 Å². The summed E-state index contributed by atoms with van der Waals surface area (Å²) < 4.78 is 60.9. The van der Waals surface area contributed by atoms with E-state index < -0.39 is 91.5 Å². The van der Waals surface area contributed by atoms with Crippen LogP contribution in [-0.2, 0) is 55.8 Å². The summed E-state index contributed by atoms with van der Waals surface area (Å²) in [5.41, 5.74) is 0. The largest absolute Gasteiger partial charge is 0.472 e. The topological polar surface area (TPSA) is 231 Å². The van der Waals surface area contributed by atoms with E-state index in [2.05, 4.69) is 142 Å². The molecule has 0 radical (unpaired) electrons. The summed E-state index contributed by atoms with van der Waals surface area (Å²) in [5, 5.41) is 20.6. The van der Waals surface area contributed by atoms with E-state index in [0.29, 0.717) is 19.3 Å². The summed E-state index contributed by atoms with van der Waals surface area (Å²) in [6.45, 7) is 2.41. The molecule has 0 aromatic heterocycles. The van der Waals surface area contributed by atoms with Crippen LogP contribution in [0.1, 0.15) is 278 Å². The molecule has 18 heteroatoms. The van der Waals surface area contributed by atoms with Gasteiger partial charge in [-0.25, -0.2) is 9.13 Å². The second-order valence-corrected chi connectivity index (χ2v) is 26.5. The van der Waals surface area contributed by atoms with Crippen molar-refractivity contribution in [2.75, 3.05) is 39.6 Å². The van der Waals surface area contributed by atoms with E-state index in [9.17, 15) is 43.5 Å². The van der Waals surface area contributed by atoms with Gasteiger partial charge in [0.1, 0.15) is 25.4 Å². The molecule has 0 rings (SSSR count). The molecule has 0 fully saturated rings. The number of rotatable bonds is 67. The summed E-state index contributed by atoms with van der Waals surface area (Å²) in [4.78, 5) is 58.4. The number of phosphoric ester groups is 2. The molecular formula is C75H128O16P2. The second-order valence-electron chi connectivity index (χ2n) is 23.6. The highest BCUT2D eigenvalue weighted by Crippen LogP contribution is 2.45. The molecule has 0 amide bonds. The molecule has 4 N–H and O–H groups in total. The third-order valence-corrected chi connectivity index (χ3v) is 16.6. The smallest absolute Gasteiger partial charge is 0.463 e. The lowest BCUT2D eigenvalue weighted by Gasteiger charge is -2.21. The van der Waals surface area contributed by atoms with E-state index in [0.717, 1.165) is 180 Å². The summed E-state index contributed by atoms with van der Waals surface area (Å²) in [6.07, 6.45) is 78.2. The van der Waals surface area contributed by atoms with Crippen molar-refractivity contribution in [2.24, 2.45) is 0 Å². The fourth-order valence-corrected chi connectivity index (χ4v) is 10.9. The van der Waals surface area contributed by atoms with Crippen LogP contribution in [0.2, 0.25) is 0 Å². The first-order valence-electron chi connectivity index (χ1n) is 35.8. The number of allylic oxidation sites excluding steroid dienone is 20. The Hall–Kier alpha value is -4.05. The minimum Gasteiger partial charge on any atom is -0.463 e. The zero-order valence-corrected chi connectivity index (χ0v) is 59.7. The number of ether oxygens (including phenoxy) is 3. The van der Waals surface area contributed by atoms with Crippen LogP contribution in [-0.4, -0.2) is 95.9 Å². The number of esters is 3. The van der Waals surface area contributed by atoms with Gasteiger partial charge in [-0.2, -0.15) is 0 Å². The molecule has 0 saturated carbocycles. The Kier molecular flexibility index (Phi) is 65.0. The van der Waals surface area contributed by atoms with E-state index in [-0.39, 0.29) is 19.3 Å². The van der Waals surface area contributed by atoms with E-state index in [1.807, 2.05) is 0 Å². The zero-order valence-electron chi connectivity index (χ0n) is 57.9. The van der Waals surface area contributed by atoms with Crippen molar-refractivity contribution in [2.45, 2.75) is 296 Å². The molecule has 5 atom stereocenters. The minimum atomic E-state index is -4.93. The van der Waals surface area contributed by atoms with Gasteiger partial charge in [0.25, 0.3) is 0 Å². The second kappa shape index (κ2) is 67.9. The molecular weight excluding hydrogens is 1220 g/mol. The van der Waals surface area contributed by atoms with Crippen molar-refractivity contribution in [1.29, 1.82) is 0 Å². The summed E-state index contributed by atoms with van der Waals surface area (Å²) in [5.74, 6) is -1.60. The van der Waals surface area contributed by atoms with Crippen molar-refractivity contribution in [3.63, 3.8) is 0 Å². The highest BCUT2D eigenvalue weighted by molar-refractivity contribution is 7.47. The van der Waals surface area contributed by atoms with Crippen LogP contribution in [0.15, 0.2) is 122 Å². The van der Waals surface area contributed by atoms with Crippen molar-refractivity contribution in [1.82, 2.24) is 0 Å². The average molecular weight is 1350 g/mol. The van der Waals surface area contributed by atoms with Gasteiger partial charge in [-0.1, -0.05) is 271 Å². The predicted octanol–water partition coefficient (Wildman–Crippen LogP) is 20.2. The average Bonchev–Trinajstić information content (AvgIpc) is 2.44. The van der Waals surface area contributed by atoms with Gasteiger partial charge in [-0.05, 0) is 109 Å². The van der Waals surface area contributed by atoms with Crippen LogP contribution in [0, 0.1) is 0 Å². The number of aliphatic hydroxyl groups excluding tert-OH is 2. The Bertz CT molecular complexity index is 2180. The number of carbonyl (C=O) groups excluding carboxylic acids is 3. The number of hydrogen-bond donors (Lipinski definition) is 4. The lowest BCUT2D eigenvalue weighted by atomic mass is 10.1. The van der Waals surface area contributed by atoms with Gasteiger partial charge in [0.2, 0.25) is 0 Å². The molecule has 0 aromatic carbocycles. The number of phosphoric acid groups is 2. The maximum atomic E-state index is 12.9. The van der Waals surface area contributed by atoms with E-state index in [1.54, 1.807) is 0 Å². The molecule has 0 aliphatic rings. The Labute approximate surface area is 563 Å². The maximum Gasteiger partial charge on any atom is 0.472 e. The number of aliphatic hydroxyl groups is 2. The van der Waals surface area contributed by atoms with E-state index in [1.165, 1.54) is 38.5 Å². The van der Waals surface area contributed by atoms with Gasteiger partial charge in [0, 0.05) is 19.3 Å². The Morgan fingerprint density at radius 3 is 0.903 bits per heavy atom. The first-order valence-corrected chi connectivity index (χ1v) is 38.8. The first kappa shape index (κ1) is 89.0. The normalized spacial score (nSPS) is 14.9. The fraction of sp³-hybridized carbons (Fsp3) is 0.693. The molecule has 0 bridgehead atoms. The molecule has 0 heterocycles. The summed E-state index contributed by atoms with van der Waals surface area (Å²) in [7, 11) is -9.78. The van der Waals surface area contributed by atoms with Crippen molar-refractivity contribution in [3.8, 4) is 0 Å². The highest BCUT2D eigenvalue weighted by Gasteiger charge is 2.29. The lowest BCUT2D eigenvalue weighted by Crippen LogP contribution is -2.30. The van der Waals surface area contributed by atoms with Crippen molar-refractivity contribution >= 4 is 33.6 Å². The maximum absolute atomic E-state index is 12.9. The third kappa shape index (κ3) is 69.1. The SMILES string of the molecule is CC/C=C\C/C=C\C/C=C\C/C=C\C/C=C\CCCCCCCCCC(=O)OCC(O)COP(=O)(O)OCC(O)COP(=O)(O)OCC(COC(=O)CCCCCCCCC/C=C\C/C=C\C/C=C\C/C=C\C/C=C\CC)OC(=O)CCCCCCCCCCCCC. The van der Waals surface area contributed by atoms with Crippen LogP contribution < -0.4 is 0 Å². The number of carbonyl (C=O) groups is 3. The molecule has 16 nitrogen and oxygen atoms in total. The molecule has 534 valence electrons. The molecule has 0 aromatic rings. The molecule has 5 unspecified atom stereocenters. The lowest BCUT2D eigenvalue weighted by molar-refractivity contribution is -0.161. The van der Waals surface area contributed by atoms with Gasteiger partial charge >= 0.3 is 33.6 Å². The standard InChI is InChI=1S/C75H128O16P2/c1-4-7-10-13-16-19-22-24-26-28-30-32-34-36-38-40-42-44-47-49-52-55-58-61-73(78)85-64-70(76)65-87-92(81,82)88-66-71(77)67-89-93(83,84)90-69-72(91-75(80)63-60-57-54-51-46-21-18-15-12-9-6-3)68-86-74(79)62-59-56-53-50-48-45-43-41-39-37-35-33-31-29-27-25-23-20-17-14-11-8-5-2/h7-8,10-11,16-17,19-20,24-27,30-33,36-39,70-72,76-77H,4-6,9,12-15,18,21-23,28-29,34-35,40-69H2,1-3H3,(H,81,82)(H,83,84)/b10-7-,11-8-,19-16-,20-17-,26-24-,27-25-,32-30-,33-31-,38-36-,39-37-. The summed E-state index contributed by atoms with van der Waals surface area (Å²) in [6, 6.07) is 0. The molecule has 93 heavy (non-hydrogen) atoms. The monoisotopic (exact) mass is 1350 g/mol. The van der Waals surface area contributed by atoms with Crippen LogP contribution in [0.3, 0.4) is 0 Å². The number of hydrogen-bond acceptors (Lipinski definition) is 14. The predicted molar refractivity (Wildman–Crippen MR) is 380 cm³/mol. The summed E-state index contributed by atoms with van der Waals surface area (Å²) >= 11 is 0. The minimum absolute atomic E-state index is 0.102. The fourth-order valence-electron chi connectivity index (χ4n) is 9.27. The third-order valence-electron chi connectivity index (χ3n) is 14.7. The van der Waals surface area contributed by atoms with Gasteiger partial charge in [-0.15, -0.1) is 0 Å². The molecule has 0 aliphatic heterocycles. The zero-order chi connectivity index (χ0) is 68.1. The molecule has 0 saturated heterocycles. The van der Waals surface area contributed by atoms with Crippen molar-refractivity contribution in [3.05, 3.63) is 122 Å². The molecule has 0 aliphatic carbocycles. The Morgan fingerprint density at radius 1 is 0.312 bits per heavy atom. The van der Waals surface area contributed by atoms with E-state index >= 15 is 0 Å². The van der Waals surface area contributed by atoms with Crippen molar-refractivity contribution < 1.29 is 75.8 Å². The van der Waals surface area contributed by atoms with E-state index in [4.69, 9.17) is 32.3 Å². The Morgan fingerprint density at radius 2 is 0.570 bits per heavy atom. The van der Waals surface area contributed by atoms with Crippen LogP contribution in [0.5, 0.6) is 0 Å². The Balaban J connectivity index is 4.57. The van der Waals surface area contributed by atoms with Crippen LogP contribution in [0.4, 0.5) is 0 Å². The van der Waals surface area contributed by atoms with Gasteiger partial charge in [0.05, 0.1) is 26.4 Å². The van der Waals surface area contributed by atoms with Crippen LogP contribution in [0.25, 0.3) is 0 Å². The van der Waals surface area contributed by atoms with Gasteiger partial charge < -0.3 is 34.2 Å². The van der Waals surface area contributed by atoms with Crippen LogP contribution >= 0.6 is 15.6 Å². The first-order chi connectivity index (χ1) is 45.2. The quantitative estimate of drug-likeness (QED) is 0.0146.